The Balaban J connectivity index is 2.32. The average molecular weight is 154 g/mol. The Kier molecular flexibility index (Phi) is 2.66. The lowest BCUT2D eigenvalue weighted by Crippen LogP contribution is -2.05. The first-order valence-electron chi connectivity index (χ1n) is 3.37. The summed E-state index contributed by atoms with van der Waals surface area (Å²) in [6.45, 7) is 3.40. The maximum atomic E-state index is 9.75. The first-order chi connectivity index (χ1) is 5.33. The van der Waals surface area contributed by atoms with E-state index in [0.29, 0.717) is 19.6 Å². The normalized spacial score (nSPS) is 9.55. The van der Waals surface area contributed by atoms with Crippen LogP contribution in [-0.2, 0) is 16.1 Å². The van der Waals surface area contributed by atoms with Crippen LogP contribution >= 0.6 is 0 Å². The van der Waals surface area contributed by atoms with E-state index in [1.807, 2.05) is 13.1 Å². The molecular weight excluding hydrogens is 144 g/mol. The van der Waals surface area contributed by atoms with E-state index in [9.17, 15) is 4.79 Å². The molecule has 0 fully saturated rings. The molecule has 0 bridgehead atoms. The topological polar surface area (TPSA) is 44.1 Å². The number of hydrogen-bond donors (Lipinski definition) is 0. The molecule has 0 aliphatic rings. The van der Waals surface area contributed by atoms with Gasteiger partial charge in [0.05, 0.1) is 12.7 Å². The molecule has 0 saturated heterocycles. The van der Waals surface area contributed by atoms with Crippen molar-refractivity contribution in [3.8, 4) is 0 Å². The molecule has 0 saturated carbocycles. The highest BCUT2D eigenvalue weighted by Gasteiger charge is 1.92. The second-order valence-corrected chi connectivity index (χ2v) is 2.25. The predicted octanol–water partition coefficient (Wildman–Crippen LogP) is 0.365. The molecule has 1 aromatic heterocycles. The summed E-state index contributed by atoms with van der Waals surface area (Å²) in [5.74, 6) is 0. The van der Waals surface area contributed by atoms with Crippen LogP contribution in [0.3, 0.4) is 0 Å². The van der Waals surface area contributed by atoms with Gasteiger partial charge in [-0.3, -0.25) is 9.48 Å². The van der Waals surface area contributed by atoms with Gasteiger partial charge in [0, 0.05) is 6.20 Å². The third kappa shape index (κ3) is 2.41. The Morgan fingerprint density at radius 3 is 3.18 bits per heavy atom. The molecule has 0 N–H and O–H groups in total. The SMILES string of the molecule is Cc1cnn(CCOC=O)c1. The summed E-state index contributed by atoms with van der Waals surface area (Å²) in [6.07, 6.45) is 3.66. The van der Waals surface area contributed by atoms with Crippen molar-refractivity contribution in [3.63, 3.8) is 0 Å². The summed E-state index contributed by atoms with van der Waals surface area (Å²) < 4.78 is 6.24. The molecule has 0 aromatic carbocycles. The Morgan fingerprint density at radius 2 is 2.64 bits per heavy atom. The number of carbonyl (C=O) groups excluding carboxylic acids is 1. The minimum Gasteiger partial charge on any atom is -0.466 e. The van der Waals surface area contributed by atoms with Crippen LogP contribution in [0.2, 0.25) is 0 Å². The maximum absolute atomic E-state index is 9.75. The minimum atomic E-state index is 0.380. The maximum Gasteiger partial charge on any atom is 0.293 e. The number of aromatic nitrogens is 2. The van der Waals surface area contributed by atoms with Gasteiger partial charge >= 0.3 is 0 Å². The molecule has 11 heavy (non-hydrogen) atoms. The zero-order valence-corrected chi connectivity index (χ0v) is 6.36. The number of ether oxygens (including phenoxy) is 1. The Morgan fingerprint density at radius 1 is 1.82 bits per heavy atom. The fraction of sp³-hybridized carbons (Fsp3) is 0.429. The van der Waals surface area contributed by atoms with Crippen molar-refractivity contribution in [2.24, 2.45) is 0 Å². The fourth-order valence-corrected chi connectivity index (χ4v) is 0.784. The third-order valence-electron chi connectivity index (χ3n) is 1.27. The molecule has 0 amide bonds. The first-order valence-corrected chi connectivity index (χ1v) is 3.37. The number of aryl methyl sites for hydroxylation is 1. The lowest BCUT2D eigenvalue weighted by atomic mass is 10.4. The van der Waals surface area contributed by atoms with Crippen LogP contribution < -0.4 is 0 Å². The van der Waals surface area contributed by atoms with Crippen molar-refractivity contribution in [2.45, 2.75) is 13.5 Å². The summed E-state index contributed by atoms with van der Waals surface area (Å²) in [6, 6.07) is 0. The standard InChI is InChI=1S/C7H10N2O2/c1-7-4-8-9(5-7)2-3-11-6-10/h4-6H,2-3H2,1H3. The highest BCUT2D eigenvalue weighted by molar-refractivity contribution is 5.36. The van der Waals surface area contributed by atoms with Gasteiger partial charge in [-0.05, 0) is 12.5 Å². The lowest BCUT2D eigenvalue weighted by Gasteiger charge is -1.97. The van der Waals surface area contributed by atoms with Crippen LogP contribution in [0.1, 0.15) is 5.56 Å². The van der Waals surface area contributed by atoms with E-state index >= 15 is 0 Å². The summed E-state index contributed by atoms with van der Waals surface area (Å²) in [5.41, 5.74) is 1.11. The average Bonchev–Trinajstić information content (AvgIpc) is 2.37. The number of hydrogen-bond acceptors (Lipinski definition) is 3. The van der Waals surface area contributed by atoms with E-state index in [1.165, 1.54) is 0 Å². The van der Waals surface area contributed by atoms with Gasteiger partial charge in [0.2, 0.25) is 0 Å². The molecule has 1 heterocycles. The number of nitrogens with zero attached hydrogens (tertiary/aromatic N) is 2. The van der Waals surface area contributed by atoms with Crippen LogP contribution in [-0.4, -0.2) is 22.9 Å². The Labute approximate surface area is 64.8 Å². The molecule has 0 atom stereocenters. The van der Waals surface area contributed by atoms with Crippen LogP contribution in [0.15, 0.2) is 12.4 Å². The Hall–Kier alpha value is -1.32. The highest BCUT2D eigenvalue weighted by atomic mass is 16.5. The van der Waals surface area contributed by atoms with Crippen molar-refractivity contribution in [3.05, 3.63) is 18.0 Å². The molecule has 4 heteroatoms. The van der Waals surface area contributed by atoms with Gasteiger partial charge in [-0.2, -0.15) is 5.10 Å². The molecule has 0 spiro atoms. The zero-order valence-electron chi connectivity index (χ0n) is 6.36. The van der Waals surface area contributed by atoms with Gasteiger partial charge in [-0.1, -0.05) is 0 Å². The summed E-state index contributed by atoms with van der Waals surface area (Å²) in [4.78, 5) is 9.75. The quantitative estimate of drug-likeness (QED) is 0.464. The van der Waals surface area contributed by atoms with E-state index in [0.717, 1.165) is 5.56 Å². The van der Waals surface area contributed by atoms with E-state index < -0.39 is 0 Å². The molecule has 0 unspecified atom stereocenters. The van der Waals surface area contributed by atoms with Crippen molar-refractivity contribution in [1.82, 2.24) is 9.78 Å². The Bertz CT molecular complexity index is 232. The largest absolute Gasteiger partial charge is 0.466 e. The van der Waals surface area contributed by atoms with E-state index in [2.05, 4.69) is 9.84 Å². The minimum absolute atomic E-state index is 0.380. The second kappa shape index (κ2) is 3.75. The second-order valence-electron chi connectivity index (χ2n) is 2.25. The number of carbonyl (C=O) groups is 1. The van der Waals surface area contributed by atoms with Crippen molar-refractivity contribution in [2.75, 3.05) is 6.61 Å². The predicted molar refractivity (Wildman–Crippen MR) is 39.0 cm³/mol. The summed E-state index contributed by atoms with van der Waals surface area (Å²) in [5, 5.41) is 4.01. The van der Waals surface area contributed by atoms with Gasteiger partial charge in [0.15, 0.2) is 0 Å². The highest BCUT2D eigenvalue weighted by Crippen LogP contribution is 1.93. The van der Waals surface area contributed by atoms with E-state index in [-0.39, 0.29) is 0 Å². The summed E-state index contributed by atoms with van der Waals surface area (Å²) in [7, 11) is 0. The molecule has 1 aromatic rings. The van der Waals surface area contributed by atoms with Crippen molar-refractivity contribution >= 4 is 6.47 Å². The van der Waals surface area contributed by atoms with Gasteiger partial charge in [-0.15, -0.1) is 0 Å². The molecule has 0 aliphatic carbocycles. The van der Waals surface area contributed by atoms with Crippen LogP contribution in [0, 0.1) is 6.92 Å². The molecular formula is C7H10N2O2. The van der Waals surface area contributed by atoms with Crippen LogP contribution in [0.25, 0.3) is 0 Å². The summed E-state index contributed by atoms with van der Waals surface area (Å²) >= 11 is 0. The molecule has 60 valence electrons. The van der Waals surface area contributed by atoms with E-state index in [4.69, 9.17) is 0 Å². The number of rotatable bonds is 4. The zero-order chi connectivity index (χ0) is 8.10. The molecule has 0 aliphatic heterocycles. The smallest absolute Gasteiger partial charge is 0.293 e. The third-order valence-corrected chi connectivity index (χ3v) is 1.27. The van der Waals surface area contributed by atoms with Crippen molar-refractivity contribution in [1.29, 1.82) is 0 Å². The van der Waals surface area contributed by atoms with Crippen LogP contribution in [0.4, 0.5) is 0 Å². The molecule has 0 radical (unpaired) electrons. The van der Waals surface area contributed by atoms with E-state index in [1.54, 1.807) is 10.9 Å². The van der Waals surface area contributed by atoms with Gasteiger partial charge in [0.25, 0.3) is 6.47 Å². The van der Waals surface area contributed by atoms with Gasteiger partial charge in [0.1, 0.15) is 6.61 Å². The lowest BCUT2D eigenvalue weighted by molar-refractivity contribution is -0.128. The van der Waals surface area contributed by atoms with Crippen molar-refractivity contribution < 1.29 is 9.53 Å². The molecule has 4 nitrogen and oxygen atoms in total. The monoisotopic (exact) mass is 154 g/mol. The van der Waals surface area contributed by atoms with Gasteiger partial charge < -0.3 is 4.74 Å². The fourth-order valence-electron chi connectivity index (χ4n) is 0.784. The molecule has 1 rings (SSSR count). The van der Waals surface area contributed by atoms with Crippen LogP contribution in [0.5, 0.6) is 0 Å². The van der Waals surface area contributed by atoms with Gasteiger partial charge in [-0.25, -0.2) is 0 Å². The first kappa shape index (κ1) is 7.78.